The summed E-state index contributed by atoms with van der Waals surface area (Å²) in [5, 5.41) is 0. The maximum absolute atomic E-state index is 12.3. The molecule has 0 heterocycles. The second kappa shape index (κ2) is 4.88. The predicted octanol–water partition coefficient (Wildman–Crippen LogP) is -0.363. The molecule has 0 aromatic heterocycles. The topological polar surface area (TPSA) is 78.3 Å². The molecule has 0 rings (SSSR count). The molecule has 0 aliphatic rings. The van der Waals surface area contributed by atoms with Crippen molar-refractivity contribution in [3.63, 3.8) is 0 Å². The van der Waals surface area contributed by atoms with E-state index in [9.17, 15) is 13.6 Å². The second-order valence-corrected chi connectivity index (χ2v) is 2.36. The van der Waals surface area contributed by atoms with Crippen LogP contribution in [0.5, 0.6) is 0 Å². The van der Waals surface area contributed by atoms with Gasteiger partial charge in [0.15, 0.2) is 5.54 Å². The number of nitrogens with two attached hydrogens (primary N) is 2. The first kappa shape index (κ1) is 12.0. The van der Waals surface area contributed by atoms with Gasteiger partial charge >= 0.3 is 5.97 Å². The Bertz CT molecular complexity index is 209. The Morgan fingerprint density at radius 1 is 1.69 bits per heavy atom. The first-order valence-corrected chi connectivity index (χ1v) is 3.52. The zero-order valence-corrected chi connectivity index (χ0v) is 7.17. The highest BCUT2D eigenvalue weighted by molar-refractivity contribution is 5.83. The largest absolute Gasteiger partial charge is 0.467 e. The van der Waals surface area contributed by atoms with Gasteiger partial charge in [-0.15, -0.1) is 0 Å². The molecular formula is C7H12F2N2O2. The Hall–Kier alpha value is -1.01. The van der Waals surface area contributed by atoms with Crippen molar-refractivity contribution in [2.75, 3.05) is 13.7 Å². The van der Waals surface area contributed by atoms with Crippen molar-refractivity contribution < 1.29 is 18.3 Å². The monoisotopic (exact) mass is 194 g/mol. The summed E-state index contributed by atoms with van der Waals surface area (Å²) >= 11 is 0. The lowest BCUT2D eigenvalue weighted by atomic mass is 10.0. The zero-order valence-electron chi connectivity index (χ0n) is 7.17. The van der Waals surface area contributed by atoms with Crippen molar-refractivity contribution in [2.24, 2.45) is 11.5 Å². The third kappa shape index (κ3) is 2.74. The molecule has 6 heteroatoms. The molecule has 0 saturated heterocycles. The Balaban J connectivity index is 4.72. The maximum Gasteiger partial charge on any atom is 0.335 e. The van der Waals surface area contributed by atoms with Gasteiger partial charge in [-0.3, -0.25) is 0 Å². The molecule has 4 N–H and O–H groups in total. The van der Waals surface area contributed by atoms with Gasteiger partial charge < -0.3 is 16.2 Å². The van der Waals surface area contributed by atoms with E-state index in [2.05, 4.69) is 4.74 Å². The van der Waals surface area contributed by atoms with E-state index in [1.54, 1.807) is 0 Å². The molecule has 0 aromatic carbocycles. The summed E-state index contributed by atoms with van der Waals surface area (Å²) in [7, 11) is 0.989. The van der Waals surface area contributed by atoms with Gasteiger partial charge in [-0.2, -0.15) is 0 Å². The number of hydrogen-bond donors (Lipinski definition) is 2. The van der Waals surface area contributed by atoms with Crippen LogP contribution in [-0.4, -0.2) is 31.6 Å². The Kier molecular flexibility index (Phi) is 4.50. The maximum atomic E-state index is 12.3. The molecule has 0 bridgehead atoms. The highest BCUT2D eigenvalue weighted by Crippen LogP contribution is 2.16. The lowest BCUT2D eigenvalue weighted by Gasteiger charge is -2.21. The summed E-state index contributed by atoms with van der Waals surface area (Å²) in [5.74, 6) is -1.19. The first-order valence-electron chi connectivity index (χ1n) is 3.52. The fraction of sp³-hybridized carbons (Fsp3) is 0.571. The van der Waals surface area contributed by atoms with Gasteiger partial charge in [-0.05, 0) is 0 Å². The standard InChI is InChI=1S/C7H12F2N2O2/c1-13-6(12)7(11,5(8)9)3-2-4-10/h2-3,5H,4,10-11H2,1H3. The second-order valence-electron chi connectivity index (χ2n) is 2.36. The Morgan fingerprint density at radius 3 is 2.54 bits per heavy atom. The van der Waals surface area contributed by atoms with E-state index in [-0.39, 0.29) is 6.54 Å². The molecular weight excluding hydrogens is 182 g/mol. The highest BCUT2D eigenvalue weighted by atomic mass is 19.3. The van der Waals surface area contributed by atoms with Gasteiger partial charge in [0.05, 0.1) is 7.11 Å². The molecule has 0 spiro atoms. The fourth-order valence-electron chi connectivity index (χ4n) is 0.670. The van der Waals surface area contributed by atoms with Crippen molar-refractivity contribution in [1.82, 2.24) is 0 Å². The number of methoxy groups -OCH3 is 1. The third-order valence-electron chi connectivity index (χ3n) is 1.43. The molecule has 0 aromatic rings. The van der Waals surface area contributed by atoms with E-state index in [0.717, 1.165) is 13.2 Å². The van der Waals surface area contributed by atoms with Crippen molar-refractivity contribution in [1.29, 1.82) is 0 Å². The number of esters is 1. The SMILES string of the molecule is COC(=O)C(N)(C=CCN)C(F)F. The number of rotatable bonds is 4. The molecule has 0 saturated carbocycles. The molecule has 0 radical (unpaired) electrons. The number of carbonyl (C=O) groups is 1. The smallest absolute Gasteiger partial charge is 0.335 e. The molecule has 0 aliphatic carbocycles. The van der Waals surface area contributed by atoms with Gasteiger partial charge in [0.25, 0.3) is 6.43 Å². The van der Waals surface area contributed by atoms with Crippen LogP contribution in [-0.2, 0) is 9.53 Å². The van der Waals surface area contributed by atoms with Gasteiger partial charge in [-0.25, -0.2) is 13.6 Å². The normalized spacial score (nSPS) is 16.2. The number of alkyl halides is 2. The predicted molar refractivity (Wildman–Crippen MR) is 43.1 cm³/mol. The van der Waals surface area contributed by atoms with Crippen molar-refractivity contribution >= 4 is 5.97 Å². The van der Waals surface area contributed by atoms with E-state index in [1.807, 2.05) is 0 Å². The van der Waals surface area contributed by atoms with Crippen LogP contribution in [0.15, 0.2) is 12.2 Å². The quantitative estimate of drug-likeness (QED) is 0.473. The molecule has 0 amide bonds. The van der Waals surface area contributed by atoms with Crippen LogP contribution in [0.3, 0.4) is 0 Å². The third-order valence-corrected chi connectivity index (χ3v) is 1.43. The van der Waals surface area contributed by atoms with Gasteiger partial charge in [-0.1, -0.05) is 12.2 Å². The van der Waals surface area contributed by atoms with Gasteiger partial charge in [0, 0.05) is 6.54 Å². The summed E-state index contributed by atoms with van der Waals surface area (Å²) in [6, 6.07) is 0. The van der Waals surface area contributed by atoms with Crippen molar-refractivity contribution in [2.45, 2.75) is 12.0 Å². The van der Waals surface area contributed by atoms with Crippen LogP contribution in [0.4, 0.5) is 8.78 Å². The summed E-state index contributed by atoms with van der Waals surface area (Å²) in [4.78, 5) is 10.9. The average Bonchev–Trinajstić information content (AvgIpc) is 2.12. The minimum Gasteiger partial charge on any atom is -0.467 e. The van der Waals surface area contributed by atoms with Crippen LogP contribution < -0.4 is 11.5 Å². The van der Waals surface area contributed by atoms with Gasteiger partial charge in [0.1, 0.15) is 0 Å². The average molecular weight is 194 g/mol. The molecule has 0 fully saturated rings. The van der Waals surface area contributed by atoms with E-state index >= 15 is 0 Å². The number of hydrogen-bond acceptors (Lipinski definition) is 4. The van der Waals surface area contributed by atoms with E-state index in [0.29, 0.717) is 0 Å². The summed E-state index contributed by atoms with van der Waals surface area (Å²) in [5.41, 5.74) is 7.76. The van der Waals surface area contributed by atoms with Crippen molar-refractivity contribution in [3.05, 3.63) is 12.2 Å². The zero-order chi connectivity index (χ0) is 10.5. The van der Waals surface area contributed by atoms with Crippen LogP contribution >= 0.6 is 0 Å². The van der Waals surface area contributed by atoms with E-state index < -0.39 is 17.9 Å². The van der Waals surface area contributed by atoms with Gasteiger partial charge in [0.2, 0.25) is 0 Å². The molecule has 76 valence electrons. The Labute approximate surface area is 74.5 Å². The van der Waals surface area contributed by atoms with E-state index in [4.69, 9.17) is 11.5 Å². The lowest BCUT2D eigenvalue weighted by molar-refractivity contribution is -0.150. The van der Waals surface area contributed by atoms with Crippen LogP contribution in [0.1, 0.15) is 0 Å². The van der Waals surface area contributed by atoms with Crippen LogP contribution in [0.25, 0.3) is 0 Å². The highest BCUT2D eigenvalue weighted by Gasteiger charge is 2.42. The van der Waals surface area contributed by atoms with Crippen molar-refractivity contribution in [3.8, 4) is 0 Å². The molecule has 4 nitrogen and oxygen atoms in total. The Morgan fingerprint density at radius 2 is 2.23 bits per heavy atom. The first-order chi connectivity index (χ1) is 5.99. The van der Waals surface area contributed by atoms with E-state index in [1.165, 1.54) is 6.08 Å². The number of carbonyl (C=O) groups excluding carboxylic acids is 1. The number of halogens is 2. The lowest BCUT2D eigenvalue weighted by Crippen LogP contribution is -2.53. The molecule has 0 aliphatic heterocycles. The van der Waals surface area contributed by atoms with Crippen LogP contribution in [0.2, 0.25) is 0 Å². The minimum atomic E-state index is -3.03. The molecule has 13 heavy (non-hydrogen) atoms. The summed E-state index contributed by atoms with van der Waals surface area (Å²) < 4.78 is 28.8. The summed E-state index contributed by atoms with van der Waals surface area (Å²) in [6.07, 6.45) is -0.991. The molecule has 1 unspecified atom stereocenters. The minimum absolute atomic E-state index is 0.0304. The molecule has 1 atom stereocenters. The van der Waals surface area contributed by atoms with Crippen LogP contribution in [0, 0.1) is 0 Å². The number of ether oxygens (including phenoxy) is 1. The fourth-order valence-corrected chi connectivity index (χ4v) is 0.670. The summed E-state index contributed by atoms with van der Waals surface area (Å²) in [6.45, 7) is 0.0304.